The number of fused-ring (bicyclic) bond motifs is 1. The van der Waals surface area contributed by atoms with Crippen molar-refractivity contribution >= 4 is 28.4 Å². The van der Waals surface area contributed by atoms with Crippen molar-refractivity contribution in [2.45, 2.75) is 26.8 Å². The predicted molar refractivity (Wildman–Crippen MR) is 152 cm³/mol. The molecular formula is C32H29FN4O2. The van der Waals surface area contributed by atoms with Gasteiger partial charge in [0, 0.05) is 48.0 Å². The standard InChI is InChI=1S/C32H29FN4O2/c1-21-10-11-22(2)24(17-21)20-37-29-13-12-26(36-31(38)27-8-3-4-9-28(27)33)18-23(29)19-30(37)32(39)35-16-14-25-7-5-6-15-34-25/h3-13,15,17-19H,14,16,20H2,1-2H3,(H,35,39)(H,36,38). The summed E-state index contributed by atoms with van der Waals surface area (Å²) in [6.07, 6.45) is 2.36. The fraction of sp³-hybridized carbons (Fsp3) is 0.156. The van der Waals surface area contributed by atoms with Gasteiger partial charge in [0.1, 0.15) is 11.5 Å². The molecule has 2 amide bonds. The third kappa shape index (κ3) is 5.88. The molecule has 0 bridgehead atoms. The molecule has 0 aliphatic carbocycles. The Bertz CT molecular complexity index is 1660. The van der Waals surface area contributed by atoms with E-state index >= 15 is 0 Å². The maximum atomic E-state index is 14.1. The van der Waals surface area contributed by atoms with E-state index in [2.05, 4.69) is 40.7 Å². The van der Waals surface area contributed by atoms with Gasteiger partial charge in [0.05, 0.1) is 5.56 Å². The highest BCUT2D eigenvalue weighted by Gasteiger charge is 2.18. The average molecular weight is 521 g/mol. The van der Waals surface area contributed by atoms with Crippen molar-refractivity contribution in [1.29, 1.82) is 0 Å². The number of halogens is 1. The van der Waals surface area contributed by atoms with E-state index in [-0.39, 0.29) is 11.5 Å². The van der Waals surface area contributed by atoms with E-state index in [1.807, 2.05) is 41.8 Å². The van der Waals surface area contributed by atoms with E-state index in [0.29, 0.717) is 30.9 Å². The van der Waals surface area contributed by atoms with Crippen molar-refractivity contribution in [2.75, 3.05) is 11.9 Å². The quantitative estimate of drug-likeness (QED) is 0.261. The number of carbonyl (C=O) groups is 2. The molecule has 2 aromatic heterocycles. The fourth-order valence-electron chi connectivity index (χ4n) is 4.63. The molecule has 0 atom stereocenters. The zero-order valence-corrected chi connectivity index (χ0v) is 21.9. The first kappa shape index (κ1) is 25.9. The third-order valence-electron chi connectivity index (χ3n) is 6.74. The Kier molecular flexibility index (Phi) is 7.50. The van der Waals surface area contributed by atoms with Crippen molar-refractivity contribution in [3.63, 3.8) is 0 Å². The normalized spacial score (nSPS) is 10.9. The lowest BCUT2D eigenvalue weighted by molar-refractivity contribution is 0.0944. The van der Waals surface area contributed by atoms with Gasteiger partial charge in [-0.05, 0) is 73.5 Å². The summed E-state index contributed by atoms with van der Waals surface area (Å²) >= 11 is 0. The zero-order valence-electron chi connectivity index (χ0n) is 21.9. The number of aromatic nitrogens is 2. The second kappa shape index (κ2) is 11.3. The van der Waals surface area contributed by atoms with Crippen LogP contribution in [-0.4, -0.2) is 27.9 Å². The summed E-state index contributed by atoms with van der Waals surface area (Å²) in [7, 11) is 0. The first-order valence-corrected chi connectivity index (χ1v) is 12.8. The van der Waals surface area contributed by atoms with E-state index in [0.717, 1.165) is 33.3 Å². The van der Waals surface area contributed by atoms with E-state index in [1.54, 1.807) is 30.5 Å². The Morgan fingerprint density at radius 1 is 0.897 bits per heavy atom. The van der Waals surface area contributed by atoms with E-state index < -0.39 is 11.7 Å². The number of pyridine rings is 1. The summed E-state index contributed by atoms with van der Waals surface area (Å²) in [5.41, 5.74) is 6.17. The lowest BCUT2D eigenvalue weighted by atomic mass is 10.1. The van der Waals surface area contributed by atoms with Gasteiger partial charge in [-0.3, -0.25) is 14.6 Å². The molecular weight excluding hydrogens is 491 g/mol. The van der Waals surface area contributed by atoms with Crippen LogP contribution in [0.1, 0.15) is 43.2 Å². The third-order valence-corrected chi connectivity index (χ3v) is 6.74. The number of amides is 2. The summed E-state index contributed by atoms with van der Waals surface area (Å²) in [4.78, 5) is 30.4. The van der Waals surface area contributed by atoms with Crippen LogP contribution in [0.15, 0.2) is 91.1 Å². The molecule has 0 aliphatic heterocycles. The molecule has 5 aromatic rings. The highest BCUT2D eigenvalue weighted by Crippen LogP contribution is 2.26. The van der Waals surface area contributed by atoms with Gasteiger partial charge in [-0.25, -0.2) is 4.39 Å². The molecule has 0 saturated heterocycles. The van der Waals surface area contributed by atoms with Crippen LogP contribution in [0.4, 0.5) is 10.1 Å². The molecule has 0 radical (unpaired) electrons. The number of anilines is 1. The highest BCUT2D eigenvalue weighted by molar-refractivity contribution is 6.06. The summed E-state index contributed by atoms with van der Waals surface area (Å²) in [6.45, 7) is 5.07. The van der Waals surface area contributed by atoms with Gasteiger partial charge in [-0.2, -0.15) is 0 Å². The van der Waals surface area contributed by atoms with Crippen molar-refractivity contribution in [3.8, 4) is 0 Å². The van der Waals surface area contributed by atoms with Crippen LogP contribution in [0.2, 0.25) is 0 Å². The van der Waals surface area contributed by atoms with Crippen LogP contribution in [0, 0.1) is 19.7 Å². The molecule has 7 heteroatoms. The molecule has 6 nitrogen and oxygen atoms in total. The number of hydrogen-bond donors (Lipinski definition) is 2. The zero-order chi connectivity index (χ0) is 27.4. The van der Waals surface area contributed by atoms with Gasteiger partial charge in [-0.15, -0.1) is 0 Å². The number of hydrogen-bond acceptors (Lipinski definition) is 3. The SMILES string of the molecule is Cc1ccc(C)c(Cn2c(C(=O)NCCc3ccccn3)cc3cc(NC(=O)c4ccccc4F)ccc32)c1. The number of carbonyl (C=O) groups excluding carboxylic acids is 2. The molecule has 3 aromatic carbocycles. The lowest BCUT2D eigenvalue weighted by Crippen LogP contribution is -2.28. The maximum Gasteiger partial charge on any atom is 0.267 e. The van der Waals surface area contributed by atoms with E-state index in [1.165, 1.54) is 12.1 Å². The molecule has 5 rings (SSSR count). The molecule has 0 fully saturated rings. The van der Waals surface area contributed by atoms with Gasteiger partial charge >= 0.3 is 0 Å². The fourth-order valence-corrected chi connectivity index (χ4v) is 4.63. The van der Waals surface area contributed by atoms with Crippen LogP contribution < -0.4 is 10.6 Å². The first-order valence-electron chi connectivity index (χ1n) is 12.8. The number of aryl methyl sites for hydroxylation is 2. The first-order chi connectivity index (χ1) is 18.9. The average Bonchev–Trinajstić information content (AvgIpc) is 3.29. The molecule has 39 heavy (non-hydrogen) atoms. The van der Waals surface area contributed by atoms with Crippen LogP contribution in [0.3, 0.4) is 0 Å². The number of nitrogens with zero attached hydrogens (tertiary/aromatic N) is 2. The minimum Gasteiger partial charge on any atom is -0.350 e. The second-order valence-electron chi connectivity index (χ2n) is 9.58. The molecule has 0 saturated carbocycles. The van der Waals surface area contributed by atoms with Gasteiger partial charge in [0.25, 0.3) is 11.8 Å². The van der Waals surface area contributed by atoms with Crippen LogP contribution in [-0.2, 0) is 13.0 Å². The summed E-state index contributed by atoms with van der Waals surface area (Å²) in [5, 5.41) is 6.59. The maximum absolute atomic E-state index is 14.1. The van der Waals surface area contributed by atoms with E-state index in [9.17, 15) is 14.0 Å². The van der Waals surface area contributed by atoms with Gasteiger partial charge < -0.3 is 15.2 Å². The Balaban J connectivity index is 1.45. The molecule has 0 spiro atoms. The van der Waals surface area contributed by atoms with Crippen molar-refractivity contribution in [1.82, 2.24) is 14.9 Å². The second-order valence-corrected chi connectivity index (χ2v) is 9.58. The monoisotopic (exact) mass is 520 g/mol. The van der Waals surface area contributed by atoms with Crippen LogP contribution in [0.5, 0.6) is 0 Å². The summed E-state index contributed by atoms with van der Waals surface area (Å²) in [6, 6.07) is 25.1. The topological polar surface area (TPSA) is 76.0 Å². The minimum absolute atomic E-state index is 0.0296. The van der Waals surface area contributed by atoms with Gasteiger partial charge in [0.15, 0.2) is 0 Å². The summed E-state index contributed by atoms with van der Waals surface area (Å²) < 4.78 is 16.1. The molecule has 196 valence electrons. The lowest BCUT2D eigenvalue weighted by Gasteiger charge is -2.14. The highest BCUT2D eigenvalue weighted by atomic mass is 19.1. The number of rotatable bonds is 8. The predicted octanol–water partition coefficient (Wildman–Crippen LogP) is 6.07. The molecule has 0 unspecified atom stereocenters. The Morgan fingerprint density at radius 2 is 1.72 bits per heavy atom. The molecule has 2 heterocycles. The largest absolute Gasteiger partial charge is 0.350 e. The minimum atomic E-state index is -0.583. The van der Waals surface area contributed by atoms with Gasteiger partial charge in [0.2, 0.25) is 0 Å². The number of benzene rings is 3. The number of nitrogens with one attached hydrogen (secondary N) is 2. The Morgan fingerprint density at radius 3 is 2.51 bits per heavy atom. The van der Waals surface area contributed by atoms with Gasteiger partial charge in [-0.1, -0.05) is 42.0 Å². The Labute approximate surface area is 226 Å². The summed E-state index contributed by atoms with van der Waals surface area (Å²) in [5.74, 6) is -1.31. The van der Waals surface area contributed by atoms with Crippen molar-refractivity contribution in [3.05, 3.63) is 131 Å². The van der Waals surface area contributed by atoms with E-state index in [4.69, 9.17) is 0 Å². The van der Waals surface area contributed by atoms with Crippen LogP contribution >= 0.6 is 0 Å². The Hall–Kier alpha value is -4.78. The van der Waals surface area contributed by atoms with Crippen molar-refractivity contribution in [2.24, 2.45) is 0 Å². The molecule has 2 N–H and O–H groups in total. The van der Waals surface area contributed by atoms with Crippen molar-refractivity contribution < 1.29 is 14.0 Å². The molecule has 0 aliphatic rings. The van der Waals surface area contributed by atoms with Crippen LogP contribution in [0.25, 0.3) is 10.9 Å². The smallest absolute Gasteiger partial charge is 0.267 e.